The van der Waals surface area contributed by atoms with Gasteiger partial charge in [-0.05, 0) is 19.1 Å². The zero-order valence-electron chi connectivity index (χ0n) is 12.2. The monoisotopic (exact) mass is 317 g/mol. The summed E-state index contributed by atoms with van der Waals surface area (Å²) in [5.74, 6) is 0.165. The molecule has 3 rings (SSSR count). The molecule has 1 aromatic carbocycles. The first kappa shape index (κ1) is 14.5. The van der Waals surface area contributed by atoms with Gasteiger partial charge in [0, 0.05) is 25.0 Å². The Morgan fingerprint density at radius 3 is 2.59 bits per heavy atom. The summed E-state index contributed by atoms with van der Waals surface area (Å²) in [5, 5.41) is 0.0207. The van der Waals surface area contributed by atoms with Gasteiger partial charge in [0.15, 0.2) is 0 Å². The average Bonchev–Trinajstić information content (AvgIpc) is 3.08. The lowest BCUT2D eigenvalue weighted by molar-refractivity contribution is 0.569. The van der Waals surface area contributed by atoms with Gasteiger partial charge in [-0.15, -0.1) is 0 Å². The predicted molar refractivity (Wildman–Crippen MR) is 80.8 cm³/mol. The lowest BCUT2D eigenvalue weighted by Gasteiger charge is -2.01. The van der Waals surface area contributed by atoms with Crippen LogP contribution in [0.15, 0.2) is 52.5 Å². The Bertz CT molecular complexity index is 892. The molecule has 2 aromatic heterocycles. The maximum Gasteiger partial charge on any atom is 0.227 e. The van der Waals surface area contributed by atoms with Gasteiger partial charge in [-0.3, -0.25) is 0 Å². The number of rotatable bonds is 4. The standard InChI is InChI=1S/C15H15N3O3S/c1-11-3-5-12(6-4-11)14-17-13(9-21-14)10-22(19,20)15-16-7-8-18(15)2/h3-9H,10H2,1-2H3. The number of hydrogen-bond acceptors (Lipinski definition) is 5. The van der Waals surface area contributed by atoms with Crippen LogP contribution in [-0.2, 0) is 22.6 Å². The van der Waals surface area contributed by atoms with Crippen LogP contribution in [0.1, 0.15) is 11.3 Å². The third-order valence-corrected chi connectivity index (χ3v) is 4.87. The molecule has 0 atom stereocenters. The molecule has 6 nitrogen and oxygen atoms in total. The van der Waals surface area contributed by atoms with Crippen molar-refractivity contribution in [3.05, 3.63) is 54.2 Å². The number of aromatic nitrogens is 3. The van der Waals surface area contributed by atoms with E-state index < -0.39 is 9.84 Å². The highest BCUT2D eigenvalue weighted by Crippen LogP contribution is 2.21. The van der Waals surface area contributed by atoms with E-state index in [0.717, 1.165) is 11.1 Å². The summed E-state index contributed by atoms with van der Waals surface area (Å²) < 4.78 is 31.5. The third kappa shape index (κ3) is 2.80. The van der Waals surface area contributed by atoms with Gasteiger partial charge in [0.2, 0.25) is 20.9 Å². The summed E-state index contributed by atoms with van der Waals surface area (Å²) in [4.78, 5) is 8.13. The van der Waals surface area contributed by atoms with Gasteiger partial charge in [-0.2, -0.15) is 0 Å². The van der Waals surface area contributed by atoms with Gasteiger partial charge < -0.3 is 8.98 Å². The van der Waals surface area contributed by atoms with Crippen LogP contribution < -0.4 is 0 Å². The summed E-state index contributed by atoms with van der Waals surface area (Å²) in [6, 6.07) is 7.67. The zero-order valence-corrected chi connectivity index (χ0v) is 13.0. The van der Waals surface area contributed by atoms with Crippen LogP contribution in [0.4, 0.5) is 0 Å². The van der Waals surface area contributed by atoms with Crippen molar-refractivity contribution in [2.24, 2.45) is 7.05 Å². The van der Waals surface area contributed by atoms with E-state index in [-0.39, 0.29) is 10.9 Å². The summed E-state index contributed by atoms with van der Waals surface area (Å²) in [6.45, 7) is 1.99. The van der Waals surface area contributed by atoms with E-state index in [9.17, 15) is 8.42 Å². The van der Waals surface area contributed by atoms with Gasteiger partial charge in [-0.25, -0.2) is 18.4 Å². The normalized spacial score (nSPS) is 11.7. The first-order valence-electron chi connectivity index (χ1n) is 6.67. The predicted octanol–water partition coefficient (Wildman–Crippen LogP) is 2.36. The minimum absolute atomic E-state index is 0.0207. The molecule has 0 bridgehead atoms. The Morgan fingerprint density at radius 2 is 1.95 bits per heavy atom. The molecule has 0 N–H and O–H groups in total. The van der Waals surface area contributed by atoms with Crippen LogP contribution in [0.5, 0.6) is 0 Å². The summed E-state index contributed by atoms with van der Waals surface area (Å²) in [7, 11) is -1.91. The maximum atomic E-state index is 12.3. The molecule has 7 heteroatoms. The number of benzene rings is 1. The number of imidazole rings is 1. The van der Waals surface area contributed by atoms with Crippen molar-refractivity contribution in [3.8, 4) is 11.5 Å². The zero-order chi connectivity index (χ0) is 15.7. The highest BCUT2D eigenvalue weighted by atomic mass is 32.2. The fraction of sp³-hybridized carbons (Fsp3) is 0.200. The quantitative estimate of drug-likeness (QED) is 0.738. The molecular weight excluding hydrogens is 302 g/mol. The van der Waals surface area contributed by atoms with Crippen LogP contribution in [0.2, 0.25) is 0 Å². The van der Waals surface area contributed by atoms with Crippen molar-refractivity contribution in [1.82, 2.24) is 14.5 Å². The Balaban J connectivity index is 1.86. The number of oxazole rings is 1. The molecule has 0 saturated carbocycles. The Labute approximate surface area is 128 Å². The van der Waals surface area contributed by atoms with Crippen molar-refractivity contribution in [3.63, 3.8) is 0 Å². The molecule has 0 amide bonds. The number of nitrogens with zero attached hydrogens (tertiary/aromatic N) is 3. The first-order valence-corrected chi connectivity index (χ1v) is 8.32. The van der Waals surface area contributed by atoms with Gasteiger partial charge in [-0.1, -0.05) is 17.7 Å². The molecule has 22 heavy (non-hydrogen) atoms. The number of aryl methyl sites for hydroxylation is 2. The van der Waals surface area contributed by atoms with Crippen LogP contribution >= 0.6 is 0 Å². The molecule has 2 heterocycles. The minimum atomic E-state index is -3.55. The van der Waals surface area contributed by atoms with E-state index in [1.165, 1.54) is 17.0 Å². The second-order valence-corrected chi connectivity index (χ2v) is 6.97. The molecule has 114 valence electrons. The Morgan fingerprint density at radius 1 is 1.23 bits per heavy atom. The molecule has 3 aromatic rings. The average molecular weight is 317 g/mol. The topological polar surface area (TPSA) is 78.0 Å². The highest BCUT2D eigenvalue weighted by molar-refractivity contribution is 7.90. The molecule has 0 saturated heterocycles. The Hall–Kier alpha value is -2.41. The molecule has 0 aliphatic carbocycles. The maximum absolute atomic E-state index is 12.3. The van der Waals surface area contributed by atoms with E-state index in [1.807, 2.05) is 31.2 Å². The summed E-state index contributed by atoms with van der Waals surface area (Å²) in [6.07, 6.45) is 4.41. The van der Waals surface area contributed by atoms with Crippen LogP contribution in [0, 0.1) is 6.92 Å². The molecule has 0 aliphatic rings. The molecule has 0 aliphatic heterocycles. The van der Waals surface area contributed by atoms with Crippen LogP contribution in [-0.4, -0.2) is 23.0 Å². The molecule has 0 fully saturated rings. The molecule has 0 spiro atoms. The highest BCUT2D eigenvalue weighted by Gasteiger charge is 2.22. The smallest absolute Gasteiger partial charge is 0.227 e. The van der Waals surface area contributed by atoms with Crippen LogP contribution in [0.3, 0.4) is 0 Å². The van der Waals surface area contributed by atoms with Crippen molar-refractivity contribution >= 4 is 9.84 Å². The van der Waals surface area contributed by atoms with Crippen molar-refractivity contribution in [1.29, 1.82) is 0 Å². The summed E-state index contributed by atoms with van der Waals surface area (Å²) in [5.41, 5.74) is 2.30. The van der Waals surface area contributed by atoms with Crippen molar-refractivity contribution in [2.45, 2.75) is 17.8 Å². The number of hydrogen-bond donors (Lipinski definition) is 0. The first-order chi connectivity index (χ1) is 10.5. The lowest BCUT2D eigenvalue weighted by Crippen LogP contribution is -2.11. The third-order valence-electron chi connectivity index (χ3n) is 3.24. The largest absolute Gasteiger partial charge is 0.444 e. The van der Waals surface area contributed by atoms with Crippen molar-refractivity contribution < 1.29 is 12.8 Å². The van der Waals surface area contributed by atoms with E-state index in [0.29, 0.717) is 11.6 Å². The van der Waals surface area contributed by atoms with Crippen molar-refractivity contribution in [2.75, 3.05) is 0 Å². The fourth-order valence-corrected chi connectivity index (χ4v) is 3.49. The number of sulfone groups is 1. The summed E-state index contributed by atoms with van der Waals surface area (Å²) >= 11 is 0. The van der Waals surface area contributed by atoms with E-state index in [1.54, 1.807) is 13.2 Å². The van der Waals surface area contributed by atoms with Gasteiger partial charge in [0.05, 0.1) is 5.69 Å². The molecule has 0 unspecified atom stereocenters. The molecule has 0 radical (unpaired) electrons. The van der Waals surface area contributed by atoms with E-state index >= 15 is 0 Å². The SMILES string of the molecule is Cc1ccc(-c2nc(CS(=O)(=O)c3nccn3C)co2)cc1. The van der Waals surface area contributed by atoms with Gasteiger partial charge >= 0.3 is 0 Å². The second-order valence-electron chi connectivity index (χ2n) is 5.09. The second kappa shape index (κ2) is 5.42. The van der Waals surface area contributed by atoms with Crippen LogP contribution in [0.25, 0.3) is 11.5 Å². The Kier molecular flexibility index (Phi) is 3.58. The fourth-order valence-electron chi connectivity index (χ4n) is 2.11. The molecular formula is C15H15N3O3S. The van der Waals surface area contributed by atoms with E-state index in [4.69, 9.17) is 4.42 Å². The van der Waals surface area contributed by atoms with E-state index in [2.05, 4.69) is 9.97 Å². The van der Waals surface area contributed by atoms with Gasteiger partial charge in [0.25, 0.3) is 0 Å². The minimum Gasteiger partial charge on any atom is -0.444 e. The van der Waals surface area contributed by atoms with Gasteiger partial charge in [0.1, 0.15) is 12.0 Å². The lowest BCUT2D eigenvalue weighted by atomic mass is 10.1.